The average Bonchev–Trinajstić information content (AvgIpc) is 2.72. The third-order valence-corrected chi connectivity index (χ3v) is 2.41. The number of nitrogens with one attached hydrogen (secondary N) is 1. The number of hydrogen-bond donors (Lipinski definition) is 1. The normalized spacial score (nSPS) is 22.4. The third kappa shape index (κ3) is 2.78. The van der Waals surface area contributed by atoms with Crippen LogP contribution in [0.3, 0.4) is 0 Å². The van der Waals surface area contributed by atoms with E-state index >= 15 is 0 Å². The van der Waals surface area contributed by atoms with Crippen molar-refractivity contribution in [3.8, 4) is 0 Å². The number of nitrogens with zero attached hydrogens (tertiary/aromatic N) is 3. The number of rotatable bonds is 4. The molecule has 1 aromatic rings. The van der Waals surface area contributed by atoms with E-state index in [9.17, 15) is 0 Å². The first-order valence-corrected chi connectivity index (χ1v) is 5.10. The molecule has 0 radical (unpaired) electrons. The Balaban J connectivity index is 1.62. The van der Waals surface area contributed by atoms with Gasteiger partial charge in [0.2, 0.25) is 0 Å². The lowest BCUT2D eigenvalue weighted by atomic mass is 10.1. The topological polar surface area (TPSA) is 52.0 Å². The van der Waals surface area contributed by atoms with Crippen LogP contribution in [0.1, 0.15) is 12.8 Å². The van der Waals surface area contributed by atoms with Crippen molar-refractivity contribution in [1.29, 1.82) is 0 Å². The van der Waals surface area contributed by atoms with Crippen LogP contribution in [0.4, 0.5) is 0 Å². The van der Waals surface area contributed by atoms with Crippen LogP contribution in [0.5, 0.6) is 0 Å². The molecule has 0 bridgehead atoms. The minimum Gasteiger partial charge on any atom is -0.380 e. The maximum Gasteiger partial charge on any atom is 0.0692 e. The Bertz CT molecular complexity index is 243. The van der Waals surface area contributed by atoms with Gasteiger partial charge in [-0.25, -0.2) is 0 Å². The minimum atomic E-state index is 0.521. The number of ether oxygens (including phenoxy) is 1. The van der Waals surface area contributed by atoms with Gasteiger partial charge < -0.3 is 10.1 Å². The third-order valence-electron chi connectivity index (χ3n) is 2.41. The number of hydrogen-bond acceptors (Lipinski definition) is 4. The molecule has 14 heavy (non-hydrogen) atoms. The summed E-state index contributed by atoms with van der Waals surface area (Å²) in [5.74, 6) is 0. The Kier molecular flexibility index (Phi) is 3.48. The largest absolute Gasteiger partial charge is 0.380 e. The van der Waals surface area contributed by atoms with Crippen molar-refractivity contribution in [2.45, 2.75) is 25.4 Å². The Hall–Kier alpha value is -0.940. The van der Waals surface area contributed by atoms with Crippen molar-refractivity contribution in [2.75, 3.05) is 19.8 Å². The van der Waals surface area contributed by atoms with Gasteiger partial charge in [-0.1, -0.05) is 5.21 Å². The second-order valence-corrected chi connectivity index (χ2v) is 3.53. The Morgan fingerprint density at radius 1 is 1.57 bits per heavy atom. The lowest BCUT2D eigenvalue weighted by molar-refractivity contribution is 0.0702. The van der Waals surface area contributed by atoms with Gasteiger partial charge in [0.25, 0.3) is 0 Å². The lowest BCUT2D eigenvalue weighted by Gasteiger charge is -2.23. The highest BCUT2D eigenvalue weighted by molar-refractivity contribution is 4.70. The maximum atomic E-state index is 5.37. The molecule has 2 rings (SSSR count). The van der Waals surface area contributed by atoms with Gasteiger partial charge in [-0.2, -0.15) is 0 Å². The first-order chi connectivity index (χ1) is 6.95. The molecule has 1 aliphatic rings. The van der Waals surface area contributed by atoms with Crippen molar-refractivity contribution >= 4 is 0 Å². The van der Waals surface area contributed by atoms with E-state index in [0.717, 1.165) is 26.3 Å². The maximum absolute atomic E-state index is 5.37. The summed E-state index contributed by atoms with van der Waals surface area (Å²) in [6.07, 6.45) is 5.96. The van der Waals surface area contributed by atoms with Crippen LogP contribution in [-0.2, 0) is 11.3 Å². The standard InChI is InChI=1S/C9H16N4O/c1-2-9(8-14-7-1)10-3-5-13-6-4-11-12-13/h4,6,9-10H,1-3,5,7-8H2. The van der Waals surface area contributed by atoms with E-state index in [4.69, 9.17) is 4.74 Å². The van der Waals surface area contributed by atoms with E-state index in [2.05, 4.69) is 15.6 Å². The Morgan fingerprint density at radius 2 is 2.57 bits per heavy atom. The molecule has 1 N–H and O–H groups in total. The van der Waals surface area contributed by atoms with Crippen molar-refractivity contribution in [1.82, 2.24) is 20.3 Å². The van der Waals surface area contributed by atoms with Crippen LogP contribution in [0.15, 0.2) is 12.4 Å². The second kappa shape index (κ2) is 5.07. The van der Waals surface area contributed by atoms with Crippen LogP contribution in [0.2, 0.25) is 0 Å². The summed E-state index contributed by atoms with van der Waals surface area (Å²) < 4.78 is 7.20. The molecule has 0 aliphatic carbocycles. The molecular weight excluding hydrogens is 180 g/mol. The fourth-order valence-electron chi connectivity index (χ4n) is 1.64. The van der Waals surface area contributed by atoms with E-state index in [1.807, 2.05) is 10.9 Å². The smallest absolute Gasteiger partial charge is 0.0692 e. The highest BCUT2D eigenvalue weighted by Gasteiger charge is 2.12. The molecule has 0 aromatic carbocycles. The molecule has 1 aromatic heterocycles. The highest BCUT2D eigenvalue weighted by atomic mass is 16.5. The molecule has 0 saturated carbocycles. The van der Waals surface area contributed by atoms with Gasteiger partial charge in [0.1, 0.15) is 0 Å². The summed E-state index contributed by atoms with van der Waals surface area (Å²) in [6, 6.07) is 0.521. The van der Waals surface area contributed by atoms with Gasteiger partial charge in [0.05, 0.1) is 19.3 Å². The van der Waals surface area contributed by atoms with Crippen LogP contribution in [-0.4, -0.2) is 40.8 Å². The van der Waals surface area contributed by atoms with Crippen LogP contribution >= 0.6 is 0 Å². The monoisotopic (exact) mass is 196 g/mol. The van der Waals surface area contributed by atoms with Crippen molar-refractivity contribution in [3.63, 3.8) is 0 Å². The minimum absolute atomic E-state index is 0.521. The van der Waals surface area contributed by atoms with Gasteiger partial charge in [0, 0.05) is 25.4 Å². The molecule has 5 heteroatoms. The molecule has 1 unspecified atom stereocenters. The molecule has 0 spiro atoms. The van der Waals surface area contributed by atoms with Crippen LogP contribution < -0.4 is 5.32 Å². The van der Waals surface area contributed by atoms with E-state index < -0.39 is 0 Å². The van der Waals surface area contributed by atoms with E-state index in [1.54, 1.807) is 6.20 Å². The summed E-state index contributed by atoms with van der Waals surface area (Å²) >= 11 is 0. The van der Waals surface area contributed by atoms with Crippen molar-refractivity contribution in [3.05, 3.63) is 12.4 Å². The SMILES string of the molecule is c1cn(CCNC2CCCOC2)nn1. The van der Waals surface area contributed by atoms with Crippen molar-refractivity contribution < 1.29 is 4.74 Å². The molecule has 1 aliphatic heterocycles. The molecule has 2 heterocycles. The molecule has 1 saturated heterocycles. The Morgan fingerprint density at radius 3 is 3.29 bits per heavy atom. The van der Waals surface area contributed by atoms with Gasteiger partial charge in [-0.15, -0.1) is 5.10 Å². The summed E-state index contributed by atoms with van der Waals surface area (Å²) in [6.45, 7) is 3.56. The van der Waals surface area contributed by atoms with E-state index in [0.29, 0.717) is 6.04 Å². The fourth-order valence-corrected chi connectivity index (χ4v) is 1.64. The zero-order valence-corrected chi connectivity index (χ0v) is 8.22. The molecule has 1 atom stereocenters. The zero-order chi connectivity index (χ0) is 9.64. The van der Waals surface area contributed by atoms with Gasteiger partial charge in [-0.3, -0.25) is 4.68 Å². The summed E-state index contributed by atoms with van der Waals surface area (Å²) in [5, 5.41) is 11.1. The lowest BCUT2D eigenvalue weighted by Crippen LogP contribution is -2.38. The Labute approximate surface area is 83.4 Å². The quantitative estimate of drug-likeness (QED) is 0.739. The second-order valence-electron chi connectivity index (χ2n) is 3.53. The van der Waals surface area contributed by atoms with Gasteiger partial charge in [0.15, 0.2) is 0 Å². The first kappa shape index (κ1) is 9.61. The summed E-state index contributed by atoms with van der Waals surface area (Å²) in [4.78, 5) is 0. The molecular formula is C9H16N4O. The first-order valence-electron chi connectivity index (χ1n) is 5.10. The van der Waals surface area contributed by atoms with Gasteiger partial charge >= 0.3 is 0 Å². The fraction of sp³-hybridized carbons (Fsp3) is 0.778. The predicted octanol–water partition coefficient (Wildman–Crippen LogP) is 0.0467. The summed E-state index contributed by atoms with van der Waals surface area (Å²) in [5.41, 5.74) is 0. The predicted molar refractivity (Wildman–Crippen MR) is 51.9 cm³/mol. The molecule has 78 valence electrons. The average molecular weight is 196 g/mol. The molecule has 5 nitrogen and oxygen atoms in total. The van der Waals surface area contributed by atoms with Crippen LogP contribution in [0, 0.1) is 0 Å². The van der Waals surface area contributed by atoms with Crippen LogP contribution in [0.25, 0.3) is 0 Å². The number of aromatic nitrogens is 3. The van der Waals surface area contributed by atoms with E-state index in [1.165, 1.54) is 12.8 Å². The van der Waals surface area contributed by atoms with Crippen molar-refractivity contribution in [2.24, 2.45) is 0 Å². The van der Waals surface area contributed by atoms with E-state index in [-0.39, 0.29) is 0 Å². The summed E-state index contributed by atoms with van der Waals surface area (Å²) in [7, 11) is 0. The van der Waals surface area contributed by atoms with Gasteiger partial charge in [-0.05, 0) is 12.8 Å². The molecule has 0 amide bonds. The highest BCUT2D eigenvalue weighted by Crippen LogP contribution is 2.04. The molecule has 1 fully saturated rings. The zero-order valence-electron chi connectivity index (χ0n) is 8.22.